The molecule has 99 heavy (non-hydrogen) atoms. The summed E-state index contributed by atoms with van der Waals surface area (Å²) in [7, 11) is 0. The van der Waals surface area contributed by atoms with Gasteiger partial charge in [0.25, 0.3) is 0 Å². The lowest BCUT2D eigenvalue weighted by Gasteiger charge is -2.19. The van der Waals surface area contributed by atoms with Crippen LogP contribution >= 0.6 is 90.7 Å². The topological polar surface area (TPSA) is 71.1 Å². The Morgan fingerprint density at radius 3 is 1.10 bits per heavy atom. The van der Waals surface area contributed by atoms with E-state index in [1.807, 2.05) is 68.0 Å². The molecule has 10 aromatic rings. The molecule has 0 aliphatic heterocycles. The van der Waals surface area contributed by atoms with Crippen LogP contribution in [0.2, 0.25) is 0 Å². The van der Waals surface area contributed by atoms with E-state index in [9.17, 15) is 4.79 Å². The SMILES string of the molecule is CCCCC(CC)COc1c2cc(C(C)(C)C)sc2c(OCC(CC)CCCC)c2cc(-c3sc(-c4cc5c(OCC(CC)CCCC)c6sc(-c7sc(C(C)(C)C)c8cc(C(=O)C(C)CC)sc78)cc6c(OCC(CC)CCCC)c5s4)c4sc(C(=O)C(CC)CCCC)cc34)sc12. The minimum Gasteiger partial charge on any atom is -0.491 e. The molecule has 8 aromatic heterocycles. The average molecular weight is 1490 g/mol. The van der Waals surface area contributed by atoms with Gasteiger partial charge in [-0.3, -0.25) is 9.59 Å². The Bertz CT molecular complexity index is 4170. The minimum atomic E-state index is -0.119. The van der Waals surface area contributed by atoms with Crippen molar-refractivity contribution in [3.05, 3.63) is 55.9 Å². The van der Waals surface area contributed by atoms with E-state index in [1.54, 1.807) is 22.7 Å². The Labute approximate surface area is 626 Å². The van der Waals surface area contributed by atoms with Crippen LogP contribution in [0.1, 0.15) is 289 Å². The van der Waals surface area contributed by atoms with E-state index >= 15 is 4.79 Å². The van der Waals surface area contributed by atoms with Crippen molar-refractivity contribution in [1.82, 2.24) is 0 Å². The third-order valence-electron chi connectivity index (χ3n) is 20.9. The molecule has 0 fully saturated rings. The number of unbranched alkanes of at least 4 members (excludes halogenated alkanes) is 5. The number of rotatable bonds is 40. The van der Waals surface area contributed by atoms with Gasteiger partial charge in [0, 0.05) is 68.5 Å². The minimum absolute atomic E-state index is 0.0268. The van der Waals surface area contributed by atoms with E-state index in [0.717, 1.165) is 170 Å². The third-order valence-corrected chi connectivity index (χ3v) is 31.9. The van der Waals surface area contributed by atoms with Crippen LogP contribution in [0.15, 0.2) is 36.4 Å². The van der Waals surface area contributed by atoms with E-state index < -0.39 is 0 Å². The lowest BCUT2D eigenvalue weighted by molar-refractivity contribution is 0.0910. The summed E-state index contributed by atoms with van der Waals surface area (Å²) in [5.41, 5.74) is -0.175. The predicted octanol–water partition coefficient (Wildman–Crippen LogP) is 30.7. The molecule has 0 spiro atoms. The molecule has 10 rings (SSSR count). The molecule has 0 amide bonds. The van der Waals surface area contributed by atoms with E-state index in [-0.39, 0.29) is 34.2 Å². The average Bonchev–Trinajstić information content (AvgIpc) is 1.58. The Kier molecular flexibility index (Phi) is 27.3. The summed E-state index contributed by atoms with van der Waals surface area (Å²) >= 11 is 14.6. The summed E-state index contributed by atoms with van der Waals surface area (Å²) in [4.78, 5) is 40.7. The van der Waals surface area contributed by atoms with Crippen LogP contribution in [-0.2, 0) is 10.8 Å². The van der Waals surface area contributed by atoms with Gasteiger partial charge in [-0.05, 0) is 116 Å². The van der Waals surface area contributed by atoms with Crippen LogP contribution in [0, 0.1) is 35.5 Å². The molecule has 6 nitrogen and oxygen atoms in total. The maximum absolute atomic E-state index is 15.1. The molecular formula is C85H116O6S8. The zero-order chi connectivity index (χ0) is 71.0. The molecule has 0 saturated carbocycles. The summed E-state index contributed by atoms with van der Waals surface area (Å²) < 4.78 is 36.7. The highest BCUT2D eigenvalue weighted by molar-refractivity contribution is 7.35. The Balaban J connectivity index is 1.25. The number of thiophene rings is 8. The number of hydrogen-bond donors (Lipinski definition) is 0. The van der Waals surface area contributed by atoms with Crippen LogP contribution < -0.4 is 18.9 Å². The largest absolute Gasteiger partial charge is 0.491 e. The zero-order valence-electron chi connectivity index (χ0n) is 63.3. The molecule has 0 bridgehead atoms. The standard InChI is InChI=1S/C85H116O6S8/c1-19-30-35-51(25-7)46-88-70-57-41-65(95-75(57)71(89-47-52(26-8)36-31-20-2)58-42-66(96-76(58)70)82-80-61(83(99-82)85(16,17)18)44-62(92-80)68(86)50(12)24-6)81-79-60(43-63(93-79)69(87)55(29-11)39-34-23-5)74(98-81)64-40-56-72(90-48-53(27-9)37-32-21-3)78-59(45-67(97-78)84(13,14)15)73(77(56)94-64)91-49-54(28-10)38-33-22-4/h40-45,50-55H,19-39,46-49H2,1-18H3. The number of carbonyl (C=O) groups is 2. The number of Topliss-reactive ketones (excluding diaryl/α,β-unsaturated/α-hetero) is 2. The Hall–Kier alpha value is -3.86. The maximum atomic E-state index is 15.1. The highest BCUT2D eigenvalue weighted by atomic mass is 32.1. The van der Waals surface area contributed by atoms with Gasteiger partial charge in [-0.15, -0.1) is 90.7 Å². The number of benzene rings is 2. The molecule has 0 aliphatic carbocycles. The highest BCUT2D eigenvalue weighted by Gasteiger charge is 2.34. The molecule has 2 aromatic carbocycles. The fourth-order valence-electron chi connectivity index (χ4n) is 13.8. The second-order valence-corrected chi connectivity index (χ2v) is 39.0. The first-order chi connectivity index (χ1) is 47.6. The summed E-state index contributed by atoms with van der Waals surface area (Å²) in [5.74, 6) is 6.05. The van der Waals surface area contributed by atoms with Gasteiger partial charge in [0.2, 0.25) is 0 Å². The second-order valence-electron chi connectivity index (χ2n) is 30.7. The first-order valence-corrected chi connectivity index (χ1v) is 44.9. The zero-order valence-corrected chi connectivity index (χ0v) is 69.9. The van der Waals surface area contributed by atoms with Crippen molar-refractivity contribution in [2.45, 2.75) is 270 Å². The lowest BCUT2D eigenvalue weighted by Crippen LogP contribution is -2.12. The van der Waals surface area contributed by atoms with Crippen molar-refractivity contribution in [3.8, 4) is 52.3 Å². The van der Waals surface area contributed by atoms with Crippen molar-refractivity contribution >= 4 is 163 Å². The van der Waals surface area contributed by atoms with Gasteiger partial charge in [0.1, 0.15) is 23.0 Å². The van der Waals surface area contributed by atoms with E-state index in [2.05, 4.69) is 161 Å². The van der Waals surface area contributed by atoms with E-state index in [4.69, 9.17) is 18.9 Å². The number of fused-ring (bicyclic) bond motifs is 6. The molecule has 0 radical (unpaired) electrons. The van der Waals surface area contributed by atoms with Crippen molar-refractivity contribution in [1.29, 1.82) is 0 Å². The molecule has 8 heterocycles. The van der Waals surface area contributed by atoms with Gasteiger partial charge in [-0.25, -0.2) is 0 Å². The lowest BCUT2D eigenvalue weighted by atomic mass is 9.92. The number of carbonyl (C=O) groups excluding carboxylic acids is 2. The predicted molar refractivity (Wildman–Crippen MR) is 445 cm³/mol. The number of hydrogen-bond acceptors (Lipinski definition) is 14. The second kappa shape index (κ2) is 34.8. The summed E-state index contributed by atoms with van der Waals surface area (Å²) in [6, 6.07) is 14.2. The quantitative estimate of drug-likeness (QED) is 0.0357. The summed E-state index contributed by atoms with van der Waals surface area (Å²) in [6.07, 6.45) is 22.8. The van der Waals surface area contributed by atoms with Crippen LogP contribution in [0.3, 0.4) is 0 Å². The fraction of sp³-hybridized carbons (Fsp3) is 0.600. The third kappa shape index (κ3) is 17.1. The Morgan fingerprint density at radius 2 is 0.717 bits per heavy atom. The van der Waals surface area contributed by atoms with Gasteiger partial charge in [-0.2, -0.15) is 0 Å². The maximum Gasteiger partial charge on any atom is 0.175 e. The summed E-state index contributed by atoms with van der Waals surface area (Å²) in [6.45, 7) is 43.6. The van der Waals surface area contributed by atoms with Gasteiger partial charge in [0.15, 0.2) is 11.6 Å². The van der Waals surface area contributed by atoms with Crippen molar-refractivity contribution in [3.63, 3.8) is 0 Å². The summed E-state index contributed by atoms with van der Waals surface area (Å²) in [5, 5.41) is 6.85. The van der Waals surface area contributed by atoms with Gasteiger partial charge in [-0.1, -0.05) is 215 Å². The first-order valence-electron chi connectivity index (χ1n) is 38.4. The molecule has 6 unspecified atom stereocenters. The van der Waals surface area contributed by atoms with Crippen molar-refractivity contribution in [2.24, 2.45) is 35.5 Å². The van der Waals surface area contributed by atoms with Crippen LogP contribution in [0.25, 0.3) is 89.8 Å². The molecule has 6 atom stereocenters. The van der Waals surface area contributed by atoms with Crippen LogP contribution in [-0.4, -0.2) is 38.0 Å². The fourth-order valence-corrected chi connectivity index (χ4v) is 24.4. The molecule has 0 aliphatic rings. The normalized spacial score (nSPS) is 14.4. The van der Waals surface area contributed by atoms with Crippen molar-refractivity contribution < 1.29 is 28.5 Å². The van der Waals surface area contributed by atoms with Crippen LogP contribution in [0.4, 0.5) is 0 Å². The van der Waals surface area contributed by atoms with Crippen LogP contribution in [0.5, 0.6) is 23.0 Å². The Morgan fingerprint density at radius 1 is 0.354 bits per heavy atom. The van der Waals surface area contributed by atoms with E-state index in [1.165, 1.54) is 97.0 Å². The molecule has 14 heteroatoms. The van der Waals surface area contributed by atoms with Gasteiger partial charge < -0.3 is 18.9 Å². The van der Waals surface area contributed by atoms with Crippen molar-refractivity contribution in [2.75, 3.05) is 26.4 Å². The first kappa shape index (κ1) is 77.7. The van der Waals surface area contributed by atoms with E-state index in [0.29, 0.717) is 50.1 Å². The molecule has 540 valence electrons. The molecule has 0 saturated heterocycles. The smallest absolute Gasteiger partial charge is 0.175 e. The molecular weight excluding hydrogens is 1370 g/mol. The molecule has 0 N–H and O–H groups in total. The van der Waals surface area contributed by atoms with Gasteiger partial charge in [0.05, 0.1) is 79.0 Å². The highest BCUT2D eigenvalue weighted by Crippen LogP contribution is 2.60. The monoisotopic (exact) mass is 1490 g/mol. The number of ketones is 2. The number of ether oxygens (including phenoxy) is 4. The van der Waals surface area contributed by atoms with Gasteiger partial charge >= 0.3 is 0 Å².